The topological polar surface area (TPSA) is 16.3 Å². The van der Waals surface area contributed by atoms with Crippen molar-refractivity contribution in [2.75, 3.05) is 37.0 Å². The Morgan fingerprint density at radius 3 is 1.55 bits per heavy atom. The molecule has 0 bridgehead atoms. The van der Waals surface area contributed by atoms with Gasteiger partial charge in [0.25, 0.3) is 0 Å². The van der Waals surface area contributed by atoms with Crippen LogP contribution in [0.25, 0.3) is 21.8 Å². The summed E-state index contributed by atoms with van der Waals surface area (Å²) in [5.41, 5.74) is 5.74. The highest BCUT2D eigenvalue weighted by molar-refractivity contribution is 5.95. The van der Waals surface area contributed by atoms with Crippen LogP contribution in [0.1, 0.15) is 24.0 Å². The molecule has 2 aromatic carbocycles. The molecular weight excluding hydrogens is 356 g/mol. The molecule has 2 aliphatic heterocycles. The zero-order valence-electron chi connectivity index (χ0n) is 17.4. The van der Waals surface area contributed by atoms with Crippen LogP contribution in [0.15, 0.2) is 48.5 Å². The van der Waals surface area contributed by atoms with E-state index in [-0.39, 0.29) is 0 Å². The van der Waals surface area contributed by atoms with Gasteiger partial charge in [0.1, 0.15) is 11.6 Å². The van der Waals surface area contributed by atoms with E-state index in [9.17, 15) is 0 Å². The van der Waals surface area contributed by atoms with Gasteiger partial charge in [-0.15, -0.1) is 0 Å². The predicted octanol–water partition coefficient (Wildman–Crippen LogP) is 4.87. The number of aromatic nitrogens is 2. The van der Waals surface area contributed by atoms with Gasteiger partial charge in [-0.05, 0) is 25.0 Å². The van der Waals surface area contributed by atoms with Gasteiger partial charge < -0.3 is 18.9 Å². The SMILES string of the molecule is CN1CCCn2c1c(Cc1c3n(c4ccccc14)CCCN3C)c1ccccc12. The summed E-state index contributed by atoms with van der Waals surface area (Å²) in [5.74, 6) is 2.83. The van der Waals surface area contributed by atoms with E-state index in [0.717, 1.165) is 32.6 Å². The van der Waals surface area contributed by atoms with E-state index in [2.05, 4.69) is 81.6 Å². The first-order chi connectivity index (χ1) is 14.2. The van der Waals surface area contributed by atoms with Crippen molar-refractivity contribution in [3.63, 3.8) is 0 Å². The molecule has 0 radical (unpaired) electrons. The van der Waals surface area contributed by atoms with Crippen LogP contribution in [0.5, 0.6) is 0 Å². The summed E-state index contributed by atoms with van der Waals surface area (Å²) in [6.07, 6.45) is 3.42. The van der Waals surface area contributed by atoms with Gasteiger partial charge in [0.15, 0.2) is 0 Å². The minimum Gasteiger partial charge on any atom is -0.361 e. The maximum atomic E-state index is 2.54. The van der Waals surface area contributed by atoms with Crippen molar-refractivity contribution in [2.24, 2.45) is 0 Å². The zero-order chi connectivity index (χ0) is 19.5. The van der Waals surface area contributed by atoms with E-state index >= 15 is 0 Å². The molecule has 6 rings (SSSR count). The number of hydrogen-bond donors (Lipinski definition) is 0. The number of aryl methyl sites for hydroxylation is 2. The number of rotatable bonds is 2. The molecule has 4 heteroatoms. The lowest BCUT2D eigenvalue weighted by molar-refractivity contribution is 0.594. The Bertz CT molecular complexity index is 1130. The second-order valence-corrected chi connectivity index (χ2v) is 8.67. The first kappa shape index (κ1) is 17.0. The average molecular weight is 385 g/mol. The summed E-state index contributed by atoms with van der Waals surface area (Å²) in [7, 11) is 4.51. The molecular formula is C25H28N4. The largest absolute Gasteiger partial charge is 0.361 e. The van der Waals surface area contributed by atoms with Gasteiger partial charge in [0, 0.05) is 79.6 Å². The highest BCUT2D eigenvalue weighted by atomic mass is 15.3. The molecule has 0 fully saturated rings. The van der Waals surface area contributed by atoms with E-state index in [4.69, 9.17) is 0 Å². The number of benzene rings is 2. The maximum Gasteiger partial charge on any atom is 0.112 e. The second-order valence-electron chi connectivity index (χ2n) is 8.67. The third kappa shape index (κ3) is 2.38. The lowest BCUT2D eigenvalue weighted by atomic mass is 10.0. The number of para-hydroxylation sites is 2. The average Bonchev–Trinajstić information content (AvgIpc) is 3.24. The third-order valence-electron chi connectivity index (χ3n) is 6.92. The molecule has 148 valence electrons. The van der Waals surface area contributed by atoms with Gasteiger partial charge in [-0.25, -0.2) is 0 Å². The normalized spacial score (nSPS) is 16.5. The quantitative estimate of drug-likeness (QED) is 0.490. The summed E-state index contributed by atoms with van der Waals surface area (Å²) in [5, 5.41) is 2.83. The Balaban J connectivity index is 1.62. The number of anilines is 2. The van der Waals surface area contributed by atoms with E-state index in [1.54, 1.807) is 0 Å². The van der Waals surface area contributed by atoms with Crippen molar-refractivity contribution in [1.29, 1.82) is 0 Å². The molecule has 2 aromatic heterocycles. The van der Waals surface area contributed by atoms with Gasteiger partial charge in [0.05, 0.1) is 0 Å². The lowest BCUT2D eigenvalue weighted by Crippen LogP contribution is -2.29. The van der Waals surface area contributed by atoms with Crippen LogP contribution < -0.4 is 9.80 Å². The van der Waals surface area contributed by atoms with Gasteiger partial charge in [-0.2, -0.15) is 0 Å². The van der Waals surface area contributed by atoms with E-state index < -0.39 is 0 Å². The Hall–Kier alpha value is -2.88. The fourth-order valence-corrected chi connectivity index (χ4v) is 5.72. The van der Waals surface area contributed by atoms with Crippen LogP contribution in [0.4, 0.5) is 11.6 Å². The molecule has 0 saturated heterocycles. The fourth-order valence-electron chi connectivity index (χ4n) is 5.72. The number of hydrogen-bond acceptors (Lipinski definition) is 2. The minimum absolute atomic E-state index is 0.986. The molecule has 0 saturated carbocycles. The first-order valence-corrected chi connectivity index (χ1v) is 10.9. The molecule has 0 spiro atoms. The first-order valence-electron chi connectivity index (χ1n) is 10.9. The molecule has 0 atom stereocenters. The van der Waals surface area contributed by atoms with Crippen molar-refractivity contribution in [2.45, 2.75) is 32.4 Å². The molecule has 2 aliphatic rings. The molecule has 4 aromatic rings. The Kier molecular flexibility index (Phi) is 3.70. The van der Waals surface area contributed by atoms with Gasteiger partial charge in [-0.3, -0.25) is 0 Å². The predicted molar refractivity (Wildman–Crippen MR) is 122 cm³/mol. The number of fused-ring (bicyclic) bond motifs is 6. The van der Waals surface area contributed by atoms with Crippen molar-refractivity contribution >= 4 is 33.4 Å². The standard InChI is InChI=1S/C25H28N4/c1-26-13-7-15-28-22-11-5-3-9-18(22)20(24(26)28)17-21-19-10-4-6-12-23(19)29-16-8-14-27(2)25(21)29/h3-6,9-12H,7-8,13-17H2,1-2H3. The van der Waals surface area contributed by atoms with Gasteiger partial charge in [0.2, 0.25) is 0 Å². The van der Waals surface area contributed by atoms with Crippen molar-refractivity contribution in [3.8, 4) is 0 Å². The molecule has 4 heterocycles. The number of nitrogens with zero attached hydrogens (tertiary/aromatic N) is 4. The van der Waals surface area contributed by atoms with Crippen LogP contribution in [0.2, 0.25) is 0 Å². The molecule has 0 unspecified atom stereocenters. The van der Waals surface area contributed by atoms with Gasteiger partial charge in [-0.1, -0.05) is 36.4 Å². The molecule has 0 aliphatic carbocycles. The molecule has 0 N–H and O–H groups in total. The molecule has 4 nitrogen and oxygen atoms in total. The summed E-state index contributed by atoms with van der Waals surface area (Å²) in [6, 6.07) is 18.0. The van der Waals surface area contributed by atoms with Crippen LogP contribution in [0, 0.1) is 0 Å². The highest BCUT2D eigenvalue weighted by Crippen LogP contribution is 2.41. The second kappa shape index (κ2) is 6.31. The van der Waals surface area contributed by atoms with Gasteiger partial charge >= 0.3 is 0 Å². The van der Waals surface area contributed by atoms with E-state index in [0.29, 0.717) is 0 Å². The summed E-state index contributed by atoms with van der Waals surface area (Å²) in [4.78, 5) is 4.93. The van der Waals surface area contributed by atoms with Crippen molar-refractivity contribution < 1.29 is 0 Å². The van der Waals surface area contributed by atoms with Crippen molar-refractivity contribution in [3.05, 3.63) is 59.7 Å². The monoisotopic (exact) mass is 384 g/mol. The zero-order valence-corrected chi connectivity index (χ0v) is 17.4. The lowest BCUT2D eigenvalue weighted by Gasteiger charge is -2.30. The summed E-state index contributed by atoms with van der Waals surface area (Å²) in [6.45, 7) is 4.51. The minimum atomic E-state index is 0.986. The Morgan fingerprint density at radius 1 is 0.621 bits per heavy atom. The molecule has 0 amide bonds. The Labute approximate surface area is 171 Å². The third-order valence-corrected chi connectivity index (χ3v) is 6.92. The van der Waals surface area contributed by atoms with Crippen LogP contribution in [-0.2, 0) is 19.5 Å². The maximum absolute atomic E-state index is 2.54. The summed E-state index contributed by atoms with van der Waals surface area (Å²) >= 11 is 0. The van der Waals surface area contributed by atoms with Crippen molar-refractivity contribution in [1.82, 2.24) is 9.13 Å². The van der Waals surface area contributed by atoms with E-state index in [1.165, 1.54) is 57.4 Å². The Morgan fingerprint density at radius 2 is 1.07 bits per heavy atom. The molecule has 29 heavy (non-hydrogen) atoms. The summed E-state index contributed by atoms with van der Waals surface area (Å²) < 4.78 is 5.09. The smallest absolute Gasteiger partial charge is 0.112 e. The van der Waals surface area contributed by atoms with Crippen LogP contribution in [0.3, 0.4) is 0 Å². The van der Waals surface area contributed by atoms with E-state index in [1.807, 2.05) is 0 Å². The van der Waals surface area contributed by atoms with Crippen LogP contribution in [-0.4, -0.2) is 36.3 Å². The van der Waals surface area contributed by atoms with Crippen LogP contribution >= 0.6 is 0 Å². The highest BCUT2D eigenvalue weighted by Gasteiger charge is 2.27. The fraction of sp³-hybridized carbons (Fsp3) is 0.360.